The summed E-state index contributed by atoms with van der Waals surface area (Å²) >= 11 is -2.32. The lowest BCUT2D eigenvalue weighted by Gasteiger charge is -2.31. The predicted molar refractivity (Wildman–Crippen MR) is 96.4 cm³/mol. The van der Waals surface area contributed by atoms with Gasteiger partial charge in [-0.15, -0.1) is 0 Å². The Balaban J connectivity index is 0.000000330. The van der Waals surface area contributed by atoms with Crippen LogP contribution in [-0.4, -0.2) is 45.0 Å². The Morgan fingerprint density at radius 3 is 1.30 bits per heavy atom. The third kappa shape index (κ3) is 5.96. The highest BCUT2D eigenvalue weighted by Crippen LogP contribution is 2.54. The average Bonchev–Trinajstić information content (AvgIpc) is 2.68. The van der Waals surface area contributed by atoms with Crippen LogP contribution in [0.4, 0.5) is 50.9 Å². The second-order valence-electron chi connectivity index (χ2n) is 5.82. The third-order valence-corrected chi connectivity index (χ3v) is 5.19. The fraction of sp³-hybridized carbons (Fsp3) is 0.250. The van der Waals surface area contributed by atoms with Gasteiger partial charge in [0.25, 0.3) is 0 Å². The van der Waals surface area contributed by atoms with E-state index in [1.54, 1.807) is 48.5 Å². The number of hydrogen-bond donors (Lipinski definition) is 1. The molecule has 2 aromatic rings. The van der Waals surface area contributed by atoms with Crippen LogP contribution < -0.4 is 4.31 Å². The van der Waals surface area contributed by atoms with E-state index in [1.165, 1.54) is 4.31 Å². The topological polar surface area (TPSA) is 97.7 Å². The lowest BCUT2D eigenvalue weighted by Crippen LogP contribution is -2.63. The second kappa shape index (κ2) is 9.86. The number of benzene rings is 2. The number of alkyl halides is 9. The second-order valence-corrected chi connectivity index (χ2v) is 8.08. The molecule has 0 spiro atoms. The molecule has 0 amide bonds. The molecule has 33 heavy (non-hydrogen) atoms. The van der Waals surface area contributed by atoms with Crippen molar-refractivity contribution in [1.82, 2.24) is 0 Å². The first-order valence-electron chi connectivity index (χ1n) is 7.96. The third-order valence-electron chi connectivity index (χ3n) is 3.57. The van der Waals surface area contributed by atoms with Crippen LogP contribution in [0.5, 0.6) is 0 Å². The lowest BCUT2D eigenvalue weighted by molar-refractivity contribution is -0.382. The van der Waals surface area contributed by atoms with Crippen molar-refractivity contribution in [3.8, 4) is 0 Å². The summed E-state index contributed by atoms with van der Waals surface area (Å²) in [6.07, 6.45) is -7.13. The van der Waals surface area contributed by atoms with Crippen molar-refractivity contribution in [2.75, 3.05) is 4.31 Å². The quantitative estimate of drug-likeness (QED) is 0.324. The average molecular weight is 532 g/mol. The number of anilines is 2. The van der Waals surface area contributed by atoms with Crippen LogP contribution in [0.2, 0.25) is 0 Å². The van der Waals surface area contributed by atoms with Crippen molar-refractivity contribution >= 4 is 32.8 Å². The van der Waals surface area contributed by atoms with Crippen LogP contribution in [0.3, 0.4) is 0 Å². The van der Waals surface area contributed by atoms with E-state index in [1.807, 2.05) is 12.1 Å². The van der Waals surface area contributed by atoms with Crippen LogP contribution in [0.25, 0.3) is 0 Å². The molecule has 2 aromatic carbocycles. The molecule has 0 aromatic heterocycles. The number of hydrogen-bond acceptors (Lipinski definition) is 4. The van der Waals surface area contributed by atoms with Gasteiger partial charge in [-0.05, 0) is 24.3 Å². The first-order chi connectivity index (χ1) is 14.8. The van der Waals surface area contributed by atoms with Gasteiger partial charge in [-0.1, -0.05) is 36.4 Å². The molecule has 2 rings (SSSR count). The zero-order valence-electron chi connectivity index (χ0n) is 15.5. The summed E-state index contributed by atoms with van der Waals surface area (Å²) in [7, 11) is -7.17. The van der Waals surface area contributed by atoms with Crippen molar-refractivity contribution in [3.63, 3.8) is 0 Å². The molecular weight excluding hydrogens is 521 g/mol. The fourth-order valence-corrected chi connectivity index (χ4v) is 3.01. The molecule has 0 aliphatic carbocycles. The largest absolute Gasteiger partial charge is 0.755 e. The molecule has 1 atom stereocenters. The molecule has 17 heteroatoms. The van der Waals surface area contributed by atoms with Gasteiger partial charge in [-0.25, -0.2) is 0 Å². The van der Waals surface area contributed by atoms with E-state index in [2.05, 4.69) is 0 Å². The zero-order chi connectivity index (χ0) is 25.9. The van der Waals surface area contributed by atoms with E-state index >= 15 is 0 Å². The van der Waals surface area contributed by atoms with Gasteiger partial charge in [-0.2, -0.15) is 47.9 Å². The highest BCUT2D eigenvalue weighted by molar-refractivity contribution is 7.87. The highest BCUT2D eigenvalue weighted by Gasteiger charge is 2.85. The molecule has 186 valence electrons. The minimum atomic E-state index is -7.37. The Morgan fingerprint density at radius 2 is 1.06 bits per heavy atom. The maximum absolute atomic E-state index is 12.2. The molecule has 0 fully saturated rings. The molecule has 0 aliphatic heterocycles. The first kappa shape index (κ1) is 28.7. The number of nitrogens with zero attached hydrogens (tertiary/aromatic N) is 1. The smallest absolute Gasteiger partial charge is 0.460 e. The fourth-order valence-electron chi connectivity index (χ4n) is 1.97. The van der Waals surface area contributed by atoms with Gasteiger partial charge in [-0.3, -0.25) is 13.1 Å². The number of halogens is 9. The molecule has 0 bridgehead atoms. The minimum Gasteiger partial charge on any atom is -0.755 e. The molecular formula is C16H11F9NO5S2-. The van der Waals surface area contributed by atoms with Crippen molar-refractivity contribution in [3.05, 3.63) is 60.7 Å². The van der Waals surface area contributed by atoms with Gasteiger partial charge in [0.1, 0.15) is 0 Å². The van der Waals surface area contributed by atoms with Gasteiger partial charge in [0.15, 0.2) is 0 Å². The van der Waals surface area contributed by atoms with Crippen LogP contribution in [0.15, 0.2) is 60.7 Å². The molecule has 6 nitrogen and oxygen atoms in total. The van der Waals surface area contributed by atoms with E-state index in [9.17, 15) is 56.7 Å². The van der Waals surface area contributed by atoms with Crippen LogP contribution in [0.1, 0.15) is 0 Å². The van der Waals surface area contributed by atoms with Crippen molar-refractivity contribution in [2.24, 2.45) is 0 Å². The summed E-state index contributed by atoms with van der Waals surface area (Å²) in [4.78, 5) is 0. The van der Waals surface area contributed by atoms with Crippen LogP contribution >= 0.6 is 0 Å². The molecule has 0 saturated heterocycles. The molecule has 0 aliphatic rings. The summed E-state index contributed by atoms with van der Waals surface area (Å²) < 4.78 is 158. The summed E-state index contributed by atoms with van der Waals surface area (Å²) in [5.41, 5.74) is 1.25. The molecule has 0 saturated carbocycles. The van der Waals surface area contributed by atoms with E-state index in [0.717, 1.165) is 0 Å². The summed E-state index contributed by atoms with van der Waals surface area (Å²) in [5.74, 6) is -14.7. The molecule has 0 radical (unpaired) electrons. The summed E-state index contributed by atoms with van der Waals surface area (Å²) in [6.45, 7) is 0. The summed E-state index contributed by atoms with van der Waals surface area (Å²) in [5, 5.41) is -7.00. The van der Waals surface area contributed by atoms with Gasteiger partial charge in [0.2, 0.25) is 0 Å². The standard InChI is InChI=1S/C12H11NO2S.C4HF9O3S/c14-16(15)13(11-7-3-1-4-8-11)12-9-5-2-6-10-12;5-1(6,3(9,10)11)2(7,8)4(12,13)17(14,15)16/h1-10H,(H,14,15);(H,14,15,16)/p-1. The normalized spacial score (nSPS) is 14.2. The van der Waals surface area contributed by atoms with E-state index in [-0.39, 0.29) is 0 Å². The SMILES string of the molecule is O=S(=O)(O)C(F)(F)C(F)(F)C(F)(F)C(F)(F)F.O=S([O-])N(c1ccccc1)c1ccccc1. The Labute approximate surface area is 182 Å². The Hall–Kier alpha value is -2.37. The Bertz CT molecular complexity index is 1010. The van der Waals surface area contributed by atoms with Gasteiger partial charge < -0.3 is 4.55 Å². The zero-order valence-corrected chi connectivity index (χ0v) is 17.2. The lowest BCUT2D eigenvalue weighted by atomic mass is 10.1. The predicted octanol–water partition coefficient (Wildman–Crippen LogP) is 4.92. The van der Waals surface area contributed by atoms with Crippen LogP contribution in [0, 0.1) is 0 Å². The van der Waals surface area contributed by atoms with Gasteiger partial charge in [0.05, 0.1) is 22.6 Å². The minimum absolute atomic E-state index is 0.627. The Morgan fingerprint density at radius 1 is 0.727 bits per heavy atom. The van der Waals surface area contributed by atoms with E-state index in [4.69, 9.17) is 4.55 Å². The van der Waals surface area contributed by atoms with Gasteiger partial charge >= 0.3 is 33.4 Å². The molecule has 1 N–H and O–H groups in total. The van der Waals surface area contributed by atoms with E-state index < -0.39 is 44.7 Å². The van der Waals surface area contributed by atoms with Crippen molar-refractivity contribution in [2.45, 2.75) is 23.3 Å². The van der Waals surface area contributed by atoms with Crippen molar-refractivity contribution in [1.29, 1.82) is 0 Å². The molecule has 0 heterocycles. The number of para-hydroxylation sites is 2. The van der Waals surface area contributed by atoms with Gasteiger partial charge in [0, 0.05) is 0 Å². The van der Waals surface area contributed by atoms with Crippen LogP contribution in [-0.2, 0) is 21.4 Å². The molecule has 1 unspecified atom stereocenters. The van der Waals surface area contributed by atoms with E-state index in [0.29, 0.717) is 11.4 Å². The number of rotatable bonds is 6. The highest BCUT2D eigenvalue weighted by atomic mass is 32.2. The van der Waals surface area contributed by atoms with Crippen molar-refractivity contribution < 1.29 is 61.2 Å². The Kier molecular flexibility index (Phi) is 8.56. The maximum Gasteiger partial charge on any atom is 0.460 e. The monoisotopic (exact) mass is 532 g/mol. The first-order valence-corrected chi connectivity index (χ1v) is 10.4. The summed E-state index contributed by atoms with van der Waals surface area (Å²) in [6, 6.07) is 17.9. The maximum atomic E-state index is 12.2.